The highest BCUT2D eigenvalue weighted by Crippen LogP contribution is 2.41. The molecule has 7 heteroatoms. The summed E-state index contributed by atoms with van der Waals surface area (Å²) in [7, 11) is 0. The minimum absolute atomic E-state index is 0.0374. The molecular formula is C22H12BrClN2O3. The molecule has 2 aromatic heterocycles. The molecule has 1 unspecified atom stereocenters. The predicted molar refractivity (Wildman–Crippen MR) is 115 cm³/mol. The van der Waals surface area contributed by atoms with E-state index < -0.39 is 11.9 Å². The van der Waals surface area contributed by atoms with Gasteiger partial charge in [0.1, 0.15) is 11.4 Å². The Labute approximate surface area is 178 Å². The van der Waals surface area contributed by atoms with E-state index in [4.69, 9.17) is 16.0 Å². The van der Waals surface area contributed by atoms with E-state index in [1.807, 2.05) is 24.3 Å². The Morgan fingerprint density at radius 2 is 1.86 bits per heavy atom. The maximum Gasteiger partial charge on any atom is 0.296 e. The van der Waals surface area contributed by atoms with E-state index in [0.717, 1.165) is 10.0 Å². The van der Waals surface area contributed by atoms with Crippen molar-refractivity contribution in [2.24, 2.45) is 0 Å². The number of amides is 1. The third kappa shape index (κ3) is 2.87. The molecule has 1 aliphatic heterocycles. The highest BCUT2D eigenvalue weighted by Gasteiger charge is 2.44. The van der Waals surface area contributed by atoms with Crippen molar-refractivity contribution in [2.45, 2.75) is 6.04 Å². The zero-order valence-electron chi connectivity index (χ0n) is 14.8. The molecule has 0 radical (unpaired) electrons. The van der Waals surface area contributed by atoms with Crippen LogP contribution in [0.3, 0.4) is 0 Å². The molecule has 29 heavy (non-hydrogen) atoms. The van der Waals surface area contributed by atoms with Crippen molar-refractivity contribution in [2.75, 3.05) is 4.90 Å². The van der Waals surface area contributed by atoms with Gasteiger partial charge in [0.2, 0.25) is 5.76 Å². The lowest BCUT2D eigenvalue weighted by molar-refractivity contribution is 0.0970. The molecule has 0 N–H and O–H groups in total. The van der Waals surface area contributed by atoms with Gasteiger partial charge in [0.15, 0.2) is 5.43 Å². The van der Waals surface area contributed by atoms with Gasteiger partial charge in [-0.2, -0.15) is 0 Å². The molecule has 0 fully saturated rings. The monoisotopic (exact) mass is 466 g/mol. The maximum absolute atomic E-state index is 13.4. The van der Waals surface area contributed by atoms with Crippen molar-refractivity contribution >= 4 is 50.2 Å². The number of rotatable bonds is 2. The molecule has 4 aromatic rings. The summed E-state index contributed by atoms with van der Waals surface area (Å²) in [6.45, 7) is 0. The fourth-order valence-corrected chi connectivity index (χ4v) is 4.19. The van der Waals surface area contributed by atoms with Gasteiger partial charge in [-0.1, -0.05) is 51.8 Å². The van der Waals surface area contributed by atoms with Crippen molar-refractivity contribution in [3.8, 4) is 0 Å². The Morgan fingerprint density at radius 3 is 2.62 bits per heavy atom. The summed E-state index contributed by atoms with van der Waals surface area (Å²) in [5.74, 6) is 0.0114. The molecular weight excluding hydrogens is 456 g/mol. The number of para-hydroxylation sites is 1. The first-order chi connectivity index (χ1) is 14.0. The smallest absolute Gasteiger partial charge is 0.296 e. The summed E-state index contributed by atoms with van der Waals surface area (Å²) in [5, 5.41) is 0.891. The summed E-state index contributed by atoms with van der Waals surface area (Å²) in [4.78, 5) is 32.5. The van der Waals surface area contributed by atoms with Crippen LogP contribution in [0.1, 0.15) is 27.7 Å². The van der Waals surface area contributed by atoms with Crippen LogP contribution in [0.15, 0.2) is 80.5 Å². The van der Waals surface area contributed by atoms with Gasteiger partial charge >= 0.3 is 0 Å². The lowest BCUT2D eigenvalue weighted by atomic mass is 9.98. The summed E-state index contributed by atoms with van der Waals surface area (Å²) in [6.07, 6.45) is 1.47. The van der Waals surface area contributed by atoms with Crippen LogP contribution in [-0.4, -0.2) is 10.9 Å². The minimum Gasteiger partial charge on any atom is -0.450 e. The molecule has 0 aliphatic carbocycles. The molecule has 5 rings (SSSR count). The van der Waals surface area contributed by atoms with Gasteiger partial charge in [-0.25, -0.2) is 4.98 Å². The van der Waals surface area contributed by atoms with E-state index in [9.17, 15) is 9.59 Å². The number of anilines is 1. The number of fused-ring (bicyclic) bond motifs is 2. The summed E-state index contributed by atoms with van der Waals surface area (Å²) in [5.41, 5.74) is 1.23. The normalized spacial score (nSPS) is 15.7. The second-order valence-corrected chi connectivity index (χ2v) is 7.99. The first kappa shape index (κ1) is 18.1. The molecule has 3 heterocycles. The van der Waals surface area contributed by atoms with E-state index >= 15 is 0 Å². The second-order valence-electron chi connectivity index (χ2n) is 6.64. The topological polar surface area (TPSA) is 63.4 Å². The second kappa shape index (κ2) is 6.83. The van der Waals surface area contributed by atoms with Gasteiger partial charge in [-0.15, -0.1) is 0 Å². The van der Waals surface area contributed by atoms with E-state index in [-0.39, 0.29) is 11.2 Å². The first-order valence-electron chi connectivity index (χ1n) is 8.81. The van der Waals surface area contributed by atoms with Crippen LogP contribution in [-0.2, 0) is 0 Å². The largest absolute Gasteiger partial charge is 0.450 e. The van der Waals surface area contributed by atoms with Gasteiger partial charge in [0.05, 0.1) is 22.0 Å². The zero-order valence-corrected chi connectivity index (χ0v) is 17.1. The number of carbonyl (C=O) groups excluding carboxylic acids is 1. The Kier molecular flexibility index (Phi) is 4.26. The lowest BCUT2D eigenvalue weighted by Gasteiger charge is -2.24. The number of nitrogens with zero attached hydrogens (tertiary/aromatic N) is 2. The average Bonchev–Trinajstić information content (AvgIpc) is 3.02. The summed E-state index contributed by atoms with van der Waals surface area (Å²) in [6, 6.07) is 17.1. The number of pyridine rings is 1. The minimum atomic E-state index is -0.662. The maximum atomic E-state index is 13.4. The number of halogens is 2. The van der Waals surface area contributed by atoms with Crippen LogP contribution in [0.5, 0.6) is 0 Å². The van der Waals surface area contributed by atoms with Gasteiger partial charge in [-0.3, -0.25) is 14.5 Å². The Balaban J connectivity index is 1.82. The van der Waals surface area contributed by atoms with Crippen molar-refractivity contribution in [1.82, 2.24) is 4.98 Å². The van der Waals surface area contributed by atoms with Gasteiger partial charge < -0.3 is 4.42 Å². The van der Waals surface area contributed by atoms with Gasteiger partial charge in [0, 0.05) is 10.7 Å². The molecule has 0 saturated heterocycles. The number of aromatic nitrogens is 1. The van der Waals surface area contributed by atoms with Crippen LogP contribution in [0.2, 0.25) is 5.02 Å². The highest BCUT2D eigenvalue weighted by atomic mass is 79.9. The van der Waals surface area contributed by atoms with Crippen LogP contribution in [0.4, 0.5) is 5.82 Å². The Morgan fingerprint density at radius 1 is 1.03 bits per heavy atom. The molecule has 0 bridgehead atoms. The average molecular weight is 468 g/mol. The summed E-state index contributed by atoms with van der Waals surface area (Å²) < 4.78 is 6.74. The molecule has 2 aromatic carbocycles. The van der Waals surface area contributed by atoms with Crippen molar-refractivity contribution in [3.63, 3.8) is 0 Å². The highest BCUT2D eigenvalue weighted by molar-refractivity contribution is 9.10. The van der Waals surface area contributed by atoms with Crippen molar-refractivity contribution < 1.29 is 9.21 Å². The van der Waals surface area contributed by atoms with E-state index in [1.54, 1.807) is 36.4 Å². The predicted octanol–water partition coefficient (Wildman–Crippen LogP) is 5.35. The van der Waals surface area contributed by atoms with Crippen molar-refractivity contribution in [3.05, 3.63) is 103 Å². The Bertz CT molecular complexity index is 1330. The van der Waals surface area contributed by atoms with Crippen LogP contribution in [0, 0.1) is 0 Å². The van der Waals surface area contributed by atoms with E-state index in [0.29, 0.717) is 27.4 Å². The third-order valence-corrected chi connectivity index (χ3v) is 5.62. The lowest BCUT2D eigenvalue weighted by Crippen LogP contribution is -2.30. The quantitative estimate of drug-likeness (QED) is 0.398. The third-order valence-electron chi connectivity index (χ3n) is 4.90. The van der Waals surface area contributed by atoms with Crippen LogP contribution in [0.25, 0.3) is 11.0 Å². The first-order valence-corrected chi connectivity index (χ1v) is 9.98. The molecule has 5 nitrogen and oxygen atoms in total. The standard InChI is InChI=1S/C22H12BrClN2O3/c23-13-5-3-4-12(10-13)19-18-20(27)15-6-1-2-7-16(15)29-21(18)22(28)26(19)17-9-8-14(24)11-25-17/h1-11,19H. The molecule has 142 valence electrons. The SMILES string of the molecule is O=C1c2oc3ccccc3c(=O)c2C(c2cccc(Br)c2)N1c1ccc(Cl)cn1. The fourth-order valence-electron chi connectivity index (χ4n) is 3.66. The van der Waals surface area contributed by atoms with Gasteiger partial charge in [0.25, 0.3) is 5.91 Å². The molecule has 1 aliphatic rings. The number of hydrogen-bond donors (Lipinski definition) is 0. The molecule has 1 amide bonds. The molecule has 0 saturated carbocycles. The number of hydrogen-bond acceptors (Lipinski definition) is 4. The fraction of sp³-hybridized carbons (Fsp3) is 0.0455. The van der Waals surface area contributed by atoms with E-state index in [1.165, 1.54) is 11.1 Å². The number of benzene rings is 2. The Hall–Kier alpha value is -2.96. The van der Waals surface area contributed by atoms with Gasteiger partial charge in [-0.05, 0) is 42.0 Å². The zero-order chi connectivity index (χ0) is 20.1. The summed E-state index contributed by atoms with van der Waals surface area (Å²) >= 11 is 9.44. The van der Waals surface area contributed by atoms with E-state index in [2.05, 4.69) is 20.9 Å². The van der Waals surface area contributed by atoms with Crippen LogP contribution >= 0.6 is 27.5 Å². The van der Waals surface area contributed by atoms with Crippen molar-refractivity contribution in [1.29, 1.82) is 0 Å². The molecule has 1 atom stereocenters. The molecule has 0 spiro atoms. The number of carbonyl (C=O) groups is 1. The van der Waals surface area contributed by atoms with Crippen LogP contribution < -0.4 is 10.3 Å².